The number of hydrogen-bond acceptors (Lipinski definition) is 5. The Hall–Kier alpha value is -1.85. The molecule has 1 atom stereocenters. The maximum atomic E-state index is 11.9. The Kier molecular flexibility index (Phi) is 5.35. The van der Waals surface area contributed by atoms with Crippen LogP contribution < -0.4 is 10.2 Å². The molecule has 1 saturated heterocycles. The summed E-state index contributed by atoms with van der Waals surface area (Å²) in [5, 5.41) is 2.94. The number of rotatable bonds is 4. The average molecular weight is 334 g/mol. The van der Waals surface area contributed by atoms with Gasteiger partial charge in [-0.1, -0.05) is 20.8 Å². The maximum absolute atomic E-state index is 11.9. The minimum Gasteiger partial charge on any atom is -0.444 e. The molecule has 6 heteroatoms. The van der Waals surface area contributed by atoms with E-state index in [4.69, 9.17) is 4.74 Å². The van der Waals surface area contributed by atoms with Crippen LogP contribution in [0.15, 0.2) is 12.4 Å². The van der Waals surface area contributed by atoms with Crippen molar-refractivity contribution in [2.24, 2.45) is 0 Å². The second kappa shape index (κ2) is 6.95. The van der Waals surface area contributed by atoms with E-state index < -0.39 is 5.60 Å². The molecule has 1 aromatic rings. The Labute approximate surface area is 145 Å². The summed E-state index contributed by atoms with van der Waals surface area (Å²) in [6, 6.07) is 2.15. The molecule has 1 amide bonds. The number of amides is 1. The number of hydrogen-bond donors (Lipinski definition) is 1. The Morgan fingerprint density at radius 2 is 2.04 bits per heavy atom. The van der Waals surface area contributed by atoms with E-state index in [0.29, 0.717) is 0 Å². The van der Waals surface area contributed by atoms with E-state index in [1.807, 2.05) is 20.8 Å². The molecule has 2 heterocycles. The van der Waals surface area contributed by atoms with Gasteiger partial charge in [-0.25, -0.2) is 14.8 Å². The van der Waals surface area contributed by atoms with E-state index in [-0.39, 0.29) is 17.6 Å². The fourth-order valence-corrected chi connectivity index (χ4v) is 2.63. The third-order valence-corrected chi connectivity index (χ3v) is 4.46. The third-order valence-electron chi connectivity index (χ3n) is 4.46. The first-order chi connectivity index (χ1) is 11.1. The van der Waals surface area contributed by atoms with Gasteiger partial charge in [0.15, 0.2) is 0 Å². The Balaban J connectivity index is 1.99. The lowest BCUT2D eigenvalue weighted by atomic mass is 9.86. The summed E-state index contributed by atoms with van der Waals surface area (Å²) < 4.78 is 5.32. The number of nitrogens with one attached hydrogen (secondary N) is 1. The van der Waals surface area contributed by atoms with Gasteiger partial charge in [0.2, 0.25) is 0 Å². The van der Waals surface area contributed by atoms with Crippen LogP contribution in [0, 0.1) is 0 Å². The Morgan fingerprint density at radius 3 is 2.67 bits per heavy atom. The van der Waals surface area contributed by atoms with Crippen LogP contribution in [0.1, 0.15) is 60.1 Å². The number of carbonyl (C=O) groups excluding carboxylic acids is 1. The molecule has 0 radical (unpaired) electrons. The van der Waals surface area contributed by atoms with E-state index in [9.17, 15) is 4.79 Å². The zero-order valence-corrected chi connectivity index (χ0v) is 15.7. The van der Waals surface area contributed by atoms with Gasteiger partial charge in [-0.2, -0.15) is 0 Å². The molecule has 1 aliphatic heterocycles. The van der Waals surface area contributed by atoms with E-state index >= 15 is 0 Å². The van der Waals surface area contributed by atoms with E-state index in [2.05, 4.69) is 47.0 Å². The van der Waals surface area contributed by atoms with E-state index in [1.165, 1.54) is 0 Å². The molecule has 1 aromatic heterocycles. The maximum Gasteiger partial charge on any atom is 0.407 e. The molecule has 2 rings (SSSR count). The Morgan fingerprint density at radius 1 is 1.33 bits per heavy atom. The van der Waals surface area contributed by atoms with Gasteiger partial charge in [0.05, 0.1) is 11.7 Å². The van der Waals surface area contributed by atoms with Crippen molar-refractivity contribution in [3.63, 3.8) is 0 Å². The molecule has 24 heavy (non-hydrogen) atoms. The molecule has 1 N–H and O–H groups in total. The lowest BCUT2D eigenvalue weighted by Crippen LogP contribution is -2.40. The average Bonchev–Trinajstić information content (AvgIpc) is 2.93. The topological polar surface area (TPSA) is 67.4 Å². The largest absolute Gasteiger partial charge is 0.444 e. The van der Waals surface area contributed by atoms with Gasteiger partial charge >= 0.3 is 6.09 Å². The number of carbonyl (C=O) groups is 1. The van der Waals surface area contributed by atoms with Crippen molar-refractivity contribution < 1.29 is 9.53 Å². The molecule has 1 fully saturated rings. The van der Waals surface area contributed by atoms with Crippen molar-refractivity contribution >= 4 is 11.9 Å². The van der Waals surface area contributed by atoms with Crippen LogP contribution >= 0.6 is 0 Å². The van der Waals surface area contributed by atoms with Gasteiger partial charge in [0.1, 0.15) is 17.7 Å². The van der Waals surface area contributed by atoms with Crippen molar-refractivity contribution in [1.29, 1.82) is 0 Å². The molecule has 0 bridgehead atoms. The number of anilines is 1. The molecule has 134 valence electrons. The fraction of sp³-hybridized carbons (Fsp3) is 0.722. The summed E-state index contributed by atoms with van der Waals surface area (Å²) in [4.78, 5) is 22.9. The van der Waals surface area contributed by atoms with Crippen molar-refractivity contribution in [2.45, 2.75) is 71.4 Å². The van der Waals surface area contributed by atoms with Crippen LogP contribution in [0.5, 0.6) is 0 Å². The minimum atomic E-state index is -0.477. The number of ether oxygens (including phenoxy) is 1. The highest BCUT2D eigenvalue weighted by atomic mass is 16.6. The standard InChI is InChI=1S/C18H30N4O2/c1-7-18(5,6)14-10-15(20-12-19-14)22-9-8-13(11-22)21-16(23)24-17(2,3)4/h10,12-13H,7-9,11H2,1-6H3,(H,21,23). The summed E-state index contributed by atoms with van der Waals surface area (Å²) in [5.74, 6) is 0.926. The van der Waals surface area contributed by atoms with Crippen molar-refractivity contribution in [2.75, 3.05) is 18.0 Å². The van der Waals surface area contributed by atoms with Crippen LogP contribution in [0.2, 0.25) is 0 Å². The van der Waals surface area contributed by atoms with E-state index in [1.54, 1.807) is 6.33 Å². The summed E-state index contributed by atoms with van der Waals surface area (Å²) in [7, 11) is 0. The van der Waals surface area contributed by atoms with Crippen molar-refractivity contribution in [1.82, 2.24) is 15.3 Å². The lowest BCUT2D eigenvalue weighted by molar-refractivity contribution is 0.0509. The SMILES string of the molecule is CCC(C)(C)c1cc(N2CCC(NC(=O)OC(C)(C)C)C2)ncn1. The predicted octanol–water partition coefficient (Wildman–Crippen LogP) is 3.27. The molecule has 1 aliphatic rings. The normalized spacial score (nSPS) is 18.6. The van der Waals surface area contributed by atoms with Crippen LogP contribution in [0.25, 0.3) is 0 Å². The number of alkyl carbamates (subject to hydrolysis) is 1. The van der Waals surface area contributed by atoms with Gasteiger partial charge < -0.3 is 15.0 Å². The molecule has 0 spiro atoms. The quantitative estimate of drug-likeness (QED) is 0.915. The van der Waals surface area contributed by atoms with Crippen LogP contribution in [0.3, 0.4) is 0 Å². The summed E-state index contributed by atoms with van der Waals surface area (Å²) in [6.45, 7) is 13.7. The molecule has 0 saturated carbocycles. The molecule has 1 unspecified atom stereocenters. The second-order valence-corrected chi connectivity index (χ2v) is 8.08. The van der Waals surface area contributed by atoms with Crippen LogP contribution in [0.4, 0.5) is 10.6 Å². The molecule has 0 aliphatic carbocycles. The highest BCUT2D eigenvalue weighted by Crippen LogP contribution is 2.27. The van der Waals surface area contributed by atoms with Gasteiger partial charge in [-0.15, -0.1) is 0 Å². The molecular weight excluding hydrogens is 304 g/mol. The van der Waals surface area contributed by atoms with Gasteiger partial charge in [0, 0.05) is 24.6 Å². The minimum absolute atomic E-state index is 0.0333. The highest BCUT2D eigenvalue weighted by molar-refractivity contribution is 5.68. The third kappa shape index (κ3) is 4.82. The van der Waals surface area contributed by atoms with Gasteiger partial charge in [-0.3, -0.25) is 0 Å². The van der Waals surface area contributed by atoms with Crippen LogP contribution in [-0.4, -0.2) is 40.8 Å². The Bertz CT molecular complexity index is 581. The second-order valence-electron chi connectivity index (χ2n) is 8.08. The molecular formula is C18H30N4O2. The summed E-state index contributed by atoms with van der Waals surface area (Å²) in [5.41, 5.74) is 0.611. The zero-order valence-electron chi connectivity index (χ0n) is 15.7. The fourth-order valence-electron chi connectivity index (χ4n) is 2.63. The van der Waals surface area contributed by atoms with Gasteiger partial charge in [0.25, 0.3) is 0 Å². The number of aromatic nitrogens is 2. The van der Waals surface area contributed by atoms with Gasteiger partial charge in [-0.05, 0) is 33.6 Å². The van der Waals surface area contributed by atoms with E-state index in [0.717, 1.165) is 37.4 Å². The zero-order chi connectivity index (χ0) is 18.0. The first-order valence-electron chi connectivity index (χ1n) is 8.68. The smallest absolute Gasteiger partial charge is 0.407 e. The first-order valence-corrected chi connectivity index (χ1v) is 8.68. The predicted molar refractivity (Wildman–Crippen MR) is 95.3 cm³/mol. The highest BCUT2D eigenvalue weighted by Gasteiger charge is 2.28. The monoisotopic (exact) mass is 334 g/mol. The number of nitrogens with zero attached hydrogens (tertiary/aromatic N) is 3. The summed E-state index contributed by atoms with van der Waals surface area (Å²) in [6.07, 6.45) is 3.18. The lowest BCUT2D eigenvalue weighted by Gasteiger charge is -2.24. The van der Waals surface area contributed by atoms with Crippen LogP contribution in [-0.2, 0) is 10.2 Å². The van der Waals surface area contributed by atoms with Crippen molar-refractivity contribution in [3.8, 4) is 0 Å². The first kappa shape index (κ1) is 18.5. The molecule has 6 nitrogen and oxygen atoms in total. The molecule has 0 aromatic carbocycles. The van der Waals surface area contributed by atoms with Crippen molar-refractivity contribution in [3.05, 3.63) is 18.1 Å². The summed E-state index contributed by atoms with van der Waals surface area (Å²) >= 11 is 0.